The average Bonchev–Trinajstić information content (AvgIpc) is 2.77. The first-order chi connectivity index (χ1) is 7.33. The second kappa shape index (κ2) is 4.09. The maximum absolute atomic E-state index is 11.9. The molecule has 6 nitrogen and oxygen atoms in total. The van der Waals surface area contributed by atoms with Crippen molar-refractivity contribution in [2.45, 2.75) is 19.3 Å². The van der Waals surface area contributed by atoms with Crippen molar-refractivity contribution in [2.24, 2.45) is 0 Å². The number of likely N-dealkylation sites (tertiary alicyclic amines) is 1. The zero-order valence-corrected chi connectivity index (χ0v) is 8.31. The van der Waals surface area contributed by atoms with E-state index in [9.17, 15) is 4.79 Å². The van der Waals surface area contributed by atoms with Crippen molar-refractivity contribution in [2.75, 3.05) is 13.1 Å². The zero-order chi connectivity index (χ0) is 10.7. The van der Waals surface area contributed by atoms with Gasteiger partial charge >= 0.3 is 5.82 Å². The topological polar surface area (TPSA) is 77.1 Å². The number of carbonyl (C=O) groups excluding carboxylic acids is 1. The van der Waals surface area contributed by atoms with Crippen LogP contribution in [0, 0.1) is 5.39 Å². The molecule has 1 aliphatic rings. The van der Waals surface area contributed by atoms with E-state index in [0.29, 0.717) is 0 Å². The predicted octanol–water partition coefficient (Wildman–Crippen LogP) is 1.52. The molecule has 78 valence electrons. The molecule has 0 aliphatic carbocycles. The summed E-state index contributed by atoms with van der Waals surface area (Å²) in [6.07, 6.45) is 4.59. The number of H-pyrrole nitrogens is 1. The fourth-order valence-electron chi connectivity index (χ4n) is 1.78. The van der Waals surface area contributed by atoms with E-state index in [0.717, 1.165) is 25.9 Å². The predicted molar refractivity (Wildman–Crippen MR) is 53.1 cm³/mol. The van der Waals surface area contributed by atoms with Crippen LogP contribution in [0.4, 0.5) is 5.82 Å². The summed E-state index contributed by atoms with van der Waals surface area (Å²) >= 11 is 0. The summed E-state index contributed by atoms with van der Waals surface area (Å²) in [7, 11) is 0. The van der Waals surface area contributed by atoms with Crippen molar-refractivity contribution in [1.29, 1.82) is 5.39 Å². The van der Waals surface area contributed by atoms with Crippen molar-refractivity contribution in [3.8, 4) is 0 Å². The normalized spacial score (nSPS) is 16.1. The number of diazo groups is 1. The third kappa shape index (κ3) is 1.81. The number of piperidine rings is 1. The van der Waals surface area contributed by atoms with E-state index >= 15 is 0 Å². The number of hydrogen-bond acceptors (Lipinski definition) is 3. The average molecular weight is 206 g/mol. The van der Waals surface area contributed by atoms with Crippen molar-refractivity contribution < 1.29 is 4.79 Å². The first kappa shape index (κ1) is 9.65. The van der Waals surface area contributed by atoms with Crippen LogP contribution >= 0.6 is 0 Å². The summed E-state index contributed by atoms with van der Waals surface area (Å²) in [6.45, 7) is 1.53. The Balaban J connectivity index is 2.17. The molecule has 15 heavy (non-hydrogen) atoms. The van der Waals surface area contributed by atoms with Crippen molar-refractivity contribution >= 4 is 11.7 Å². The van der Waals surface area contributed by atoms with Gasteiger partial charge in [0.2, 0.25) is 12.0 Å². The highest BCUT2D eigenvalue weighted by Crippen LogP contribution is 2.18. The van der Waals surface area contributed by atoms with Crippen LogP contribution in [0.5, 0.6) is 0 Å². The Labute approximate surface area is 86.9 Å². The Bertz CT molecular complexity index is 399. The molecule has 1 aromatic heterocycles. The van der Waals surface area contributed by atoms with Crippen LogP contribution in [0.1, 0.15) is 29.8 Å². The van der Waals surface area contributed by atoms with Gasteiger partial charge in [0.25, 0.3) is 5.91 Å². The minimum absolute atomic E-state index is 0.0607. The summed E-state index contributed by atoms with van der Waals surface area (Å²) in [5.74, 6) is -0.0782. The quantitative estimate of drug-likeness (QED) is 0.707. The van der Waals surface area contributed by atoms with Crippen LogP contribution in [0.15, 0.2) is 6.33 Å². The number of aromatic nitrogens is 2. The van der Waals surface area contributed by atoms with Crippen LogP contribution in [-0.4, -0.2) is 33.9 Å². The lowest BCUT2D eigenvalue weighted by atomic mass is 10.1. The molecule has 2 heterocycles. The SMILES string of the molecule is N#[N+]c1nc[nH]c1C(=O)N1CCCCC1. The largest absolute Gasteiger partial charge is 0.495 e. The van der Waals surface area contributed by atoms with Gasteiger partial charge in [-0.05, 0) is 24.2 Å². The summed E-state index contributed by atoms with van der Waals surface area (Å²) in [5.41, 5.74) is 0.263. The molecule has 0 saturated carbocycles. The molecule has 1 N–H and O–H groups in total. The van der Waals surface area contributed by atoms with Gasteiger partial charge in [0.15, 0.2) is 0 Å². The third-order valence-electron chi connectivity index (χ3n) is 2.57. The lowest BCUT2D eigenvalue weighted by molar-refractivity contribution is 0.0720. The molecule has 2 rings (SSSR count). The molecule has 0 aromatic carbocycles. The number of amides is 1. The van der Waals surface area contributed by atoms with E-state index < -0.39 is 0 Å². The summed E-state index contributed by atoms with van der Waals surface area (Å²) in [5, 5.41) is 8.63. The van der Waals surface area contributed by atoms with Gasteiger partial charge in [0, 0.05) is 18.1 Å². The summed E-state index contributed by atoms with van der Waals surface area (Å²) in [6, 6.07) is 0. The molecule has 0 spiro atoms. The van der Waals surface area contributed by atoms with E-state index in [-0.39, 0.29) is 17.4 Å². The molecular weight excluding hydrogens is 194 g/mol. The molecule has 1 aliphatic heterocycles. The zero-order valence-electron chi connectivity index (χ0n) is 8.31. The molecule has 0 bridgehead atoms. The van der Waals surface area contributed by atoms with Crippen LogP contribution in [0.3, 0.4) is 0 Å². The molecule has 6 heteroatoms. The molecule has 1 amide bonds. The monoisotopic (exact) mass is 206 g/mol. The van der Waals surface area contributed by atoms with E-state index in [1.165, 1.54) is 12.7 Å². The number of hydrogen-bond donors (Lipinski definition) is 1. The van der Waals surface area contributed by atoms with E-state index in [1.807, 2.05) is 0 Å². The van der Waals surface area contributed by atoms with Gasteiger partial charge in [-0.15, -0.1) is 0 Å². The Kier molecular flexibility index (Phi) is 2.63. The second-order valence-electron chi connectivity index (χ2n) is 3.55. The molecular formula is C9H12N5O+. The van der Waals surface area contributed by atoms with Gasteiger partial charge in [0.1, 0.15) is 0 Å². The molecule has 1 fully saturated rings. The molecule has 0 radical (unpaired) electrons. The smallest absolute Gasteiger partial charge is 0.337 e. The van der Waals surface area contributed by atoms with Gasteiger partial charge in [0.05, 0.1) is 5.39 Å². The Morgan fingerprint density at radius 1 is 1.47 bits per heavy atom. The van der Waals surface area contributed by atoms with Crippen molar-refractivity contribution in [1.82, 2.24) is 14.9 Å². The lowest BCUT2D eigenvalue weighted by Gasteiger charge is -2.25. The maximum Gasteiger partial charge on any atom is 0.495 e. The van der Waals surface area contributed by atoms with E-state index in [4.69, 9.17) is 5.39 Å². The van der Waals surface area contributed by atoms with Gasteiger partial charge in [-0.1, -0.05) is 0 Å². The fourth-order valence-corrected chi connectivity index (χ4v) is 1.78. The third-order valence-corrected chi connectivity index (χ3v) is 2.57. The van der Waals surface area contributed by atoms with Crippen LogP contribution in [-0.2, 0) is 0 Å². The maximum atomic E-state index is 11.9. The van der Waals surface area contributed by atoms with E-state index in [2.05, 4.69) is 14.9 Å². The highest BCUT2D eigenvalue weighted by Gasteiger charge is 2.28. The van der Waals surface area contributed by atoms with Gasteiger partial charge in [-0.3, -0.25) is 4.79 Å². The van der Waals surface area contributed by atoms with Crippen LogP contribution < -0.4 is 0 Å². The number of nitrogens with zero attached hydrogens (tertiary/aromatic N) is 4. The fraction of sp³-hybridized carbons (Fsp3) is 0.556. The van der Waals surface area contributed by atoms with E-state index in [1.54, 1.807) is 4.90 Å². The van der Waals surface area contributed by atoms with Crippen molar-refractivity contribution in [3.63, 3.8) is 0 Å². The highest BCUT2D eigenvalue weighted by atomic mass is 16.2. The number of nitrogens with one attached hydrogen (secondary N) is 1. The molecule has 1 saturated heterocycles. The first-order valence-corrected chi connectivity index (χ1v) is 5.00. The van der Waals surface area contributed by atoms with Crippen LogP contribution in [0.2, 0.25) is 0 Å². The van der Waals surface area contributed by atoms with Crippen LogP contribution in [0.25, 0.3) is 4.98 Å². The van der Waals surface area contributed by atoms with Gasteiger partial charge in [-0.2, -0.15) is 0 Å². The first-order valence-electron chi connectivity index (χ1n) is 5.00. The highest BCUT2D eigenvalue weighted by molar-refractivity contribution is 5.97. The molecule has 0 atom stereocenters. The summed E-state index contributed by atoms with van der Waals surface area (Å²) in [4.78, 5) is 23.1. The van der Waals surface area contributed by atoms with Crippen molar-refractivity contribution in [3.05, 3.63) is 17.0 Å². The lowest BCUT2D eigenvalue weighted by Crippen LogP contribution is -2.35. The minimum Gasteiger partial charge on any atom is -0.337 e. The summed E-state index contributed by atoms with van der Waals surface area (Å²) < 4.78 is 0. The van der Waals surface area contributed by atoms with Gasteiger partial charge < -0.3 is 9.88 Å². The van der Waals surface area contributed by atoms with Gasteiger partial charge in [-0.25, -0.2) is 0 Å². The Morgan fingerprint density at radius 3 is 2.87 bits per heavy atom. The number of rotatable bonds is 1. The Morgan fingerprint density at radius 2 is 2.20 bits per heavy atom. The number of aromatic amines is 1. The number of imidazole rings is 1. The molecule has 0 unspecified atom stereocenters. The number of carbonyl (C=O) groups is 1. The second-order valence-corrected chi connectivity index (χ2v) is 3.55. The minimum atomic E-state index is -0.139. The molecule has 1 aromatic rings. The Hall–Kier alpha value is -1.90. The standard InChI is InChI=1S/C9H11N5O/c10-13-8-7(11-6-12-8)9(15)14-4-2-1-3-5-14/h6H,1-5H2/p+1.